The number of aliphatic carboxylic acids is 1. The molecule has 2 aliphatic rings. The number of esters is 1. The van der Waals surface area contributed by atoms with Crippen LogP contribution in [0.15, 0.2) is 0 Å². The fourth-order valence-electron chi connectivity index (χ4n) is 2.14. The van der Waals surface area contributed by atoms with Gasteiger partial charge in [-0.05, 0) is 12.8 Å². The van der Waals surface area contributed by atoms with E-state index in [-0.39, 0.29) is 37.1 Å². The zero-order chi connectivity index (χ0) is 12.3. The lowest BCUT2D eigenvalue weighted by Gasteiger charge is -2.16. The molecule has 2 fully saturated rings. The molecule has 0 saturated carbocycles. The Morgan fingerprint density at radius 3 is 2.88 bits per heavy atom. The second-order valence-corrected chi connectivity index (χ2v) is 4.27. The summed E-state index contributed by atoms with van der Waals surface area (Å²) in [6, 6.07) is 0. The molecule has 0 radical (unpaired) electrons. The van der Waals surface area contributed by atoms with Crippen molar-refractivity contribution in [2.24, 2.45) is 0 Å². The Hall–Kier alpha value is -1.14. The lowest BCUT2D eigenvalue weighted by molar-refractivity contribution is -0.153. The maximum absolute atomic E-state index is 11.4. The number of ether oxygens (including phenoxy) is 3. The molecule has 96 valence electrons. The van der Waals surface area contributed by atoms with Crippen LogP contribution in [-0.4, -0.2) is 48.6 Å². The minimum absolute atomic E-state index is 0.0151. The fraction of sp³-hybridized carbons (Fsp3) is 0.818. The third-order valence-corrected chi connectivity index (χ3v) is 2.97. The highest BCUT2D eigenvalue weighted by Crippen LogP contribution is 2.28. The van der Waals surface area contributed by atoms with Crippen LogP contribution in [0.3, 0.4) is 0 Å². The van der Waals surface area contributed by atoms with Crippen molar-refractivity contribution in [3.63, 3.8) is 0 Å². The van der Waals surface area contributed by atoms with Gasteiger partial charge in [-0.15, -0.1) is 0 Å². The molecule has 0 amide bonds. The van der Waals surface area contributed by atoms with Crippen LogP contribution in [0.1, 0.15) is 25.7 Å². The Labute approximate surface area is 98.8 Å². The van der Waals surface area contributed by atoms with E-state index < -0.39 is 5.97 Å². The first-order chi connectivity index (χ1) is 8.16. The summed E-state index contributed by atoms with van der Waals surface area (Å²) in [5.41, 5.74) is 0. The van der Waals surface area contributed by atoms with E-state index in [1.807, 2.05) is 0 Å². The van der Waals surface area contributed by atoms with Gasteiger partial charge in [0, 0.05) is 19.4 Å². The van der Waals surface area contributed by atoms with Crippen molar-refractivity contribution in [3.8, 4) is 0 Å². The third kappa shape index (κ3) is 3.17. The van der Waals surface area contributed by atoms with Crippen LogP contribution < -0.4 is 0 Å². The molecule has 0 bridgehead atoms. The second kappa shape index (κ2) is 5.46. The Balaban J connectivity index is 1.70. The van der Waals surface area contributed by atoms with Crippen molar-refractivity contribution in [3.05, 3.63) is 0 Å². The summed E-state index contributed by atoms with van der Waals surface area (Å²) in [6.45, 7) is 1.02. The van der Waals surface area contributed by atoms with Crippen LogP contribution in [0, 0.1) is 0 Å². The minimum Gasteiger partial charge on any atom is -0.481 e. The van der Waals surface area contributed by atoms with Gasteiger partial charge in [-0.1, -0.05) is 0 Å². The van der Waals surface area contributed by atoms with Crippen molar-refractivity contribution in [2.75, 3.05) is 13.2 Å². The van der Waals surface area contributed by atoms with Gasteiger partial charge >= 0.3 is 11.9 Å². The molecule has 1 N–H and O–H groups in total. The zero-order valence-corrected chi connectivity index (χ0v) is 9.46. The summed E-state index contributed by atoms with van der Waals surface area (Å²) in [7, 11) is 0. The average molecular weight is 244 g/mol. The first kappa shape index (κ1) is 12.3. The van der Waals surface area contributed by atoms with E-state index in [9.17, 15) is 9.59 Å². The van der Waals surface area contributed by atoms with Crippen LogP contribution >= 0.6 is 0 Å². The quantitative estimate of drug-likeness (QED) is 0.702. The highest BCUT2D eigenvalue weighted by atomic mass is 16.6. The van der Waals surface area contributed by atoms with E-state index in [0.29, 0.717) is 19.6 Å². The summed E-state index contributed by atoms with van der Waals surface area (Å²) in [5.74, 6) is -1.28. The van der Waals surface area contributed by atoms with Crippen molar-refractivity contribution in [1.29, 1.82) is 0 Å². The number of carbonyl (C=O) groups excluding carboxylic acids is 1. The van der Waals surface area contributed by atoms with Gasteiger partial charge in [0.05, 0.1) is 12.7 Å². The molecular weight excluding hydrogens is 228 g/mol. The van der Waals surface area contributed by atoms with Crippen molar-refractivity contribution < 1.29 is 28.9 Å². The van der Waals surface area contributed by atoms with Gasteiger partial charge in [-0.25, -0.2) is 0 Å². The smallest absolute Gasteiger partial charge is 0.306 e. The first-order valence-electron chi connectivity index (χ1n) is 5.81. The molecule has 6 nitrogen and oxygen atoms in total. The van der Waals surface area contributed by atoms with Gasteiger partial charge in [0.15, 0.2) is 6.10 Å². The Morgan fingerprint density at radius 2 is 2.12 bits per heavy atom. The molecule has 0 aromatic carbocycles. The standard InChI is InChI=1S/C11H16O6/c12-9(13)2-1-3-10(14)17-8-6-16-7-4-5-15-11(7)8/h7-8,11H,1-6H2,(H,12,13)/t7?,8-,11?/m1/s1. The summed E-state index contributed by atoms with van der Waals surface area (Å²) in [6.07, 6.45) is 0.832. The van der Waals surface area contributed by atoms with E-state index in [4.69, 9.17) is 19.3 Å². The second-order valence-electron chi connectivity index (χ2n) is 4.27. The molecule has 0 aliphatic carbocycles. The normalized spacial score (nSPS) is 31.2. The SMILES string of the molecule is O=C(O)CCCC(=O)O[C@@H]1COC2CCOC21. The molecule has 17 heavy (non-hydrogen) atoms. The number of fused-ring (bicyclic) bond motifs is 1. The van der Waals surface area contributed by atoms with Gasteiger partial charge < -0.3 is 19.3 Å². The molecule has 6 heteroatoms. The van der Waals surface area contributed by atoms with Gasteiger partial charge in [-0.2, -0.15) is 0 Å². The molecule has 2 unspecified atom stereocenters. The van der Waals surface area contributed by atoms with Crippen LogP contribution in [-0.2, 0) is 23.8 Å². The summed E-state index contributed by atoms with van der Waals surface area (Å²) >= 11 is 0. The fourth-order valence-corrected chi connectivity index (χ4v) is 2.14. The number of carbonyl (C=O) groups is 2. The molecular formula is C11H16O6. The summed E-state index contributed by atoms with van der Waals surface area (Å²) in [4.78, 5) is 21.7. The number of carboxylic acids is 1. The van der Waals surface area contributed by atoms with Crippen LogP contribution in [0.4, 0.5) is 0 Å². The molecule has 2 rings (SSSR count). The van der Waals surface area contributed by atoms with Crippen molar-refractivity contribution in [1.82, 2.24) is 0 Å². The number of hydrogen-bond donors (Lipinski definition) is 1. The van der Waals surface area contributed by atoms with E-state index in [1.165, 1.54) is 0 Å². The van der Waals surface area contributed by atoms with Gasteiger partial charge in [0.2, 0.25) is 0 Å². The van der Waals surface area contributed by atoms with Crippen molar-refractivity contribution >= 4 is 11.9 Å². The molecule has 2 aliphatic heterocycles. The maximum atomic E-state index is 11.4. The summed E-state index contributed by atoms with van der Waals surface area (Å²) < 4.78 is 16.1. The van der Waals surface area contributed by atoms with E-state index >= 15 is 0 Å². The predicted molar refractivity (Wildman–Crippen MR) is 55.5 cm³/mol. The Kier molecular flexibility index (Phi) is 3.96. The van der Waals surface area contributed by atoms with Gasteiger partial charge in [0.1, 0.15) is 6.10 Å². The van der Waals surface area contributed by atoms with E-state index in [0.717, 1.165) is 6.42 Å². The lowest BCUT2D eigenvalue weighted by atomic mass is 10.1. The third-order valence-electron chi connectivity index (χ3n) is 2.97. The number of rotatable bonds is 5. The molecule has 0 aromatic heterocycles. The van der Waals surface area contributed by atoms with Gasteiger partial charge in [0.25, 0.3) is 0 Å². The van der Waals surface area contributed by atoms with Crippen LogP contribution in [0.2, 0.25) is 0 Å². The highest BCUT2D eigenvalue weighted by Gasteiger charge is 2.43. The summed E-state index contributed by atoms with van der Waals surface area (Å²) in [5, 5.41) is 8.44. The maximum Gasteiger partial charge on any atom is 0.306 e. The molecule has 2 heterocycles. The number of hydrogen-bond acceptors (Lipinski definition) is 5. The zero-order valence-electron chi connectivity index (χ0n) is 9.46. The lowest BCUT2D eigenvalue weighted by Crippen LogP contribution is -2.32. The largest absolute Gasteiger partial charge is 0.481 e. The first-order valence-corrected chi connectivity index (χ1v) is 5.81. The average Bonchev–Trinajstić information content (AvgIpc) is 2.82. The monoisotopic (exact) mass is 244 g/mol. The predicted octanol–water partition coefficient (Wildman–Crippen LogP) is 0.341. The number of carboxylic acid groups (broad SMARTS) is 1. The highest BCUT2D eigenvalue weighted by molar-refractivity contribution is 5.71. The van der Waals surface area contributed by atoms with Crippen LogP contribution in [0.5, 0.6) is 0 Å². The Morgan fingerprint density at radius 1 is 1.29 bits per heavy atom. The molecule has 0 aromatic rings. The van der Waals surface area contributed by atoms with E-state index in [1.54, 1.807) is 0 Å². The topological polar surface area (TPSA) is 82.1 Å². The Bertz CT molecular complexity index is 302. The van der Waals surface area contributed by atoms with Crippen molar-refractivity contribution in [2.45, 2.75) is 44.0 Å². The van der Waals surface area contributed by atoms with Gasteiger partial charge in [-0.3, -0.25) is 9.59 Å². The molecule has 3 atom stereocenters. The minimum atomic E-state index is -0.902. The molecule has 0 spiro atoms. The van der Waals surface area contributed by atoms with Crippen LogP contribution in [0.25, 0.3) is 0 Å². The van der Waals surface area contributed by atoms with E-state index in [2.05, 4.69) is 0 Å². The molecule has 2 saturated heterocycles.